The molecule has 1 atom stereocenters. The first kappa shape index (κ1) is 24.2. The van der Waals surface area contributed by atoms with E-state index in [1.165, 1.54) is 6.07 Å². The molecule has 0 radical (unpaired) electrons. The van der Waals surface area contributed by atoms with Gasteiger partial charge in [0.25, 0.3) is 11.8 Å². The van der Waals surface area contributed by atoms with Crippen molar-refractivity contribution in [2.45, 2.75) is 18.1 Å². The number of amides is 2. The summed E-state index contributed by atoms with van der Waals surface area (Å²) in [6, 6.07) is 7.37. The van der Waals surface area contributed by atoms with Crippen LogP contribution in [0.5, 0.6) is 0 Å². The predicted molar refractivity (Wildman–Crippen MR) is 120 cm³/mol. The van der Waals surface area contributed by atoms with Crippen LogP contribution >= 0.6 is 11.6 Å². The summed E-state index contributed by atoms with van der Waals surface area (Å²) < 4.78 is 72.6. The molecule has 1 fully saturated rings. The molecule has 0 saturated carbocycles. The minimum absolute atomic E-state index is 0.0680. The lowest BCUT2D eigenvalue weighted by Crippen LogP contribution is -2.25. The zero-order valence-electron chi connectivity index (χ0n) is 18.2. The topological polar surface area (TPSA) is 67.4 Å². The molecule has 5 rings (SSSR count). The third-order valence-electron chi connectivity index (χ3n) is 6.13. The van der Waals surface area contributed by atoms with Gasteiger partial charge in [-0.15, -0.1) is 0 Å². The van der Waals surface area contributed by atoms with Crippen molar-refractivity contribution in [3.63, 3.8) is 0 Å². The van der Waals surface area contributed by atoms with Gasteiger partial charge < -0.3 is 15.4 Å². The van der Waals surface area contributed by atoms with E-state index < -0.39 is 46.8 Å². The maximum Gasteiger partial charge on any atom is 0.416 e. The van der Waals surface area contributed by atoms with Crippen molar-refractivity contribution >= 4 is 29.1 Å². The molecule has 0 aliphatic carbocycles. The second-order valence-electron chi connectivity index (χ2n) is 8.52. The third kappa shape index (κ3) is 4.42. The summed E-state index contributed by atoms with van der Waals surface area (Å²) in [6.45, 7) is 0.761. The number of hydrogen-bond acceptors (Lipinski definition) is 3. The highest BCUT2D eigenvalue weighted by atomic mass is 35.5. The van der Waals surface area contributed by atoms with Crippen LogP contribution in [0.3, 0.4) is 0 Å². The summed E-state index contributed by atoms with van der Waals surface area (Å²) in [5.41, 5.74) is -0.449. The van der Waals surface area contributed by atoms with Gasteiger partial charge in [-0.25, -0.2) is 8.78 Å². The fourth-order valence-corrected chi connectivity index (χ4v) is 4.50. The molecule has 2 N–H and O–H groups in total. The first-order valence-electron chi connectivity index (χ1n) is 10.7. The van der Waals surface area contributed by atoms with Gasteiger partial charge in [0.2, 0.25) is 0 Å². The lowest BCUT2D eigenvalue weighted by molar-refractivity contribution is -0.137. The van der Waals surface area contributed by atoms with Crippen LogP contribution in [0.15, 0.2) is 48.5 Å². The normalized spacial score (nSPS) is 17.4. The van der Waals surface area contributed by atoms with Crippen LogP contribution in [0.4, 0.5) is 27.6 Å². The highest BCUT2D eigenvalue weighted by Gasteiger charge is 2.37. The van der Waals surface area contributed by atoms with Gasteiger partial charge in [0.05, 0.1) is 24.8 Å². The van der Waals surface area contributed by atoms with E-state index in [0.29, 0.717) is 30.9 Å². The quantitative estimate of drug-likeness (QED) is 0.423. The molecule has 0 bridgehead atoms. The smallest absolute Gasteiger partial charge is 0.380 e. The molecule has 2 amide bonds. The molecule has 0 aromatic heterocycles. The van der Waals surface area contributed by atoms with Crippen LogP contribution < -0.4 is 10.6 Å². The van der Waals surface area contributed by atoms with Gasteiger partial charge >= 0.3 is 6.18 Å². The molecule has 2 aliphatic heterocycles. The van der Waals surface area contributed by atoms with Crippen molar-refractivity contribution in [1.82, 2.24) is 5.32 Å². The van der Waals surface area contributed by atoms with Gasteiger partial charge in [-0.2, -0.15) is 13.2 Å². The van der Waals surface area contributed by atoms with Crippen molar-refractivity contribution in [1.29, 1.82) is 0 Å². The summed E-state index contributed by atoms with van der Waals surface area (Å²) in [5, 5.41) is 5.39. The van der Waals surface area contributed by atoms with Crippen LogP contribution in [0.1, 0.15) is 54.9 Å². The summed E-state index contributed by atoms with van der Waals surface area (Å²) in [5.74, 6) is -3.43. The van der Waals surface area contributed by atoms with E-state index in [9.17, 15) is 31.5 Å². The minimum Gasteiger partial charge on any atom is -0.380 e. The van der Waals surface area contributed by atoms with E-state index in [2.05, 4.69) is 10.6 Å². The Morgan fingerprint density at radius 2 is 1.78 bits per heavy atom. The molecule has 3 aromatic carbocycles. The number of alkyl halides is 3. The Kier molecular flexibility index (Phi) is 5.96. The first-order valence-corrected chi connectivity index (χ1v) is 11.1. The number of hydrogen-bond donors (Lipinski definition) is 2. The van der Waals surface area contributed by atoms with Gasteiger partial charge in [0, 0.05) is 38.9 Å². The average molecular weight is 523 g/mol. The lowest BCUT2D eigenvalue weighted by atomic mass is 9.89. The highest BCUT2D eigenvalue weighted by molar-refractivity contribution is 6.31. The highest BCUT2D eigenvalue weighted by Crippen LogP contribution is 2.42. The standard InChI is InChI=1S/C25H16ClF5N2O3/c26-19-2-1-15(27)8-17(19)22-21-18(24(35)33-22)5-11(13-9-36-10-13)6-20(21)32-23(34)12-3-14(25(29,30)31)7-16(28)4-12/h1-8,13,22H,9-10H2,(H,32,34)(H,33,35)/t22-/m1/s1. The summed E-state index contributed by atoms with van der Waals surface area (Å²) in [4.78, 5) is 25.9. The van der Waals surface area contributed by atoms with E-state index in [4.69, 9.17) is 16.3 Å². The van der Waals surface area contributed by atoms with Gasteiger partial charge in [0.1, 0.15) is 11.6 Å². The molecule has 1 saturated heterocycles. The van der Waals surface area contributed by atoms with Gasteiger partial charge in [-0.1, -0.05) is 11.6 Å². The SMILES string of the molecule is O=C(Nc1cc(C2COC2)cc2c1[C@@H](c1cc(F)ccc1Cl)NC2=O)c1cc(F)cc(C(F)(F)F)c1. The van der Waals surface area contributed by atoms with Gasteiger partial charge in [-0.05, 0) is 54.1 Å². The Balaban J connectivity index is 1.61. The number of carbonyl (C=O) groups is 2. The van der Waals surface area contributed by atoms with Gasteiger partial charge in [0.15, 0.2) is 0 Å². The van der Waals surface area contributed by atoms with E-state index in [1.54, 1.807) is 12.1 Å². The number of anilines is 1. The van der Waals surface area contributed by atoms with E-state index in [0.717, 1.165) is 12.1 Å². The Morgan fingerprint density at radius 1 is 1.03 bits per heavy atom. The van der Waals surface area contributed by atoms with Crippen molar-refractivity contribution in [2.75, 3.05) is 18.5 Å². The number of nitrogens with one attached hydrogen (secondary N) is 2. The molecule has 3 aromatic rings. The Labute approximate surface area is 206 Å². The molecule has 2 heterocycles. The zero-order valence-corrected chi connectivity index (χ0v) is 18.9. The molecule has 5 nitrogen and oxygen atoms in total. The average Bonchev–Trinajstić information content (AvgIpc) is 3.10. The zero-order chi connectivity index (χ0) is 25.8. The van der Waals surface area contributed by atoms with E-state index in [-0.39, 0.29) is 39.4 Å². The van der Waals surface area contributed by atoms with Crippen LogP contribution in [0.25, 0.3) is 0 Å². The maximum atomic E-state index is 14.0. The molecule has 11 heteroatoms. The van der Waals surface area contributed by atoms with Crippen molar-refractivity contribution in [3.05, 3.63) is 98.6 Å². The number of benzene rings is 3. The molecule has 0 unspecified atom stereocenters. The number of fused-ring (bicyclic) bond motifs is 1. The molecule has 186 valence electrons. The minimum atomic E-state index is -4.86. The van der Waals surface area contributed by atoms with E-state index in [1.807, 2.05) is 0 Å². The second-order valence-corrected chi connectivity index (χ2v) is 8.92. The number of carbonyl (C=O) groups excluding carboxylic acids is 2. The fourth-order valence-electron chi connectivity index (χ4n) is 4.27. The maximum absolute atomic E-state index is 14.0. The fraction of sp³-hybridized carbons (Fsp3) is 0.200. The third-order valence-corrected chi connectivity index (χ3v) is 6.47. The first-order chi connectivity index (χ1) is 17.0. The van der Waals surface area contributed by atoms with Crippen LogP contribution in [-0.4, -0.2) is 25.0 Å². The summed E-state index contributed by atoms with van der Waals surface area (Å²) >= 11 is 6.27. The number of halogens is 6. The van der Waals surface area contributed by atoms with E-state index >= 15 is 0 Å². The number of ether oxygens (including phenoxy) is 1. The number of rotatable bonds is 4. The predicted octanol–water partition coefficient (Wildman–Crippen LogP) is 5.84. The Hall–Kier alpha value is -3.50. The van der Waals surface area contributed by atoms with Gasteiger partial charge in [-0.3, -0.25) is 9.59 Å². The molecular formula is C25H16ClF5N2O3. The molecular weight excluding hydrogens is 507 g/mol. The Morgan fingerprint density at radius 3 is 2.44 bits per heavy atom. The Bertz CT molecular complexity index is 1410. The lowest BCUT2D eigenvalue weighted by Gasteiger charge is -2.28. The molecule has 0 spiro atoms. The van der Waals surface area contributed by atoms with Crippen molar-refractivity contribution < 1.29 is 36.3 Å². The summed E-state index contributed by atoms with van der Waals surface area (Å²) in [7, 11) is 0. The van der Waals surface area contributed by atoms with Crippen molar-refractivity contribution in [3.8, 4) is 0 Å². The van der Waals surface area contributed by atoms with Crippen LogP contribution in [0, 0.1) is 11.6 Å². The summed E-state index contributed by atoms with van der Waals surface area (Å²) in [6.07, 6.45) is -4.86. The molecule has 2 aliphatic rings. The largest absolute Gasteiger partial charge is 0.416 e. The monoisotopic (exact) mass is 522 g/mol. The second kappa shape index (κ2) is 8.86. The molecule has 36 heavy (non-hydrogen) atoms. The van der Waals surface area contributed by atoms with Crippen molar-refractivity contribution in [2.24, 2.45) is 0 Å². The van der Waals surface area contributed by atoms with Crippen LogP contribution in [0.2, 0.25) is 5.02 Å². The van der Waals surface area contributed by atoms with Crippen LogP contribution in [-0.2, 0) is 10.9 Å².